The van der Waals surface area contributed by atoms with Crippen LogP contribution in [0.3, 0.4) is 0 Å². The molecular weight excluding hydrogens is 398 g/mol. The average Bonchev–Trinajstić information content (AvgIpc) is 3.14. The monoisotopic (exact) mass is 429 g/mol. The number of nitrogens with two attached hydrogens (primary N) is 3. The quantitative estimate of drug-likeness (QED) is 0.174. The summed E-state index contributed by atoms with van der Waals surface area (Å²) in [5.74, 6) is -3.76. The van der Waals surface area contributed by atoms with Gasteiger partial charge in [0.05, 0.1) is 12.0 Å². The van der Waals surface area contributed by atoms with Crippen molar-refractivity contribution in [2.24, 2.45) is 23.1 Å². The Labute approximate surface area is 173 Å². The molecule has 1 heterocycles. The van der Waals surface area contributed by atoms with E-state index in [2.05, 4.69) is 4.98 Å². The summed E-state index contributed by atoms with van der Waals surface area (Å²) in [7, 11) is 0. The molecule has 5 unspecified atom stereocenters. The van der Waals surface area contributed by atoms with Crippen LogP contribution in [0, 0.1) is 5.92 Å². The molecule has 5 atom stereocenters. The molecule has 12 nitrogen and oxygen atoms in total. The van der Waals surface area contributed by atoms with Gasteiger partial charge in [0.15, 0.2) is 0 Å². The third-order valence-corrected chi connectivity index (χ3v) is 5.06. The molecule has 170 valence electrons. The molecule has 0 radical (unpaired) electrons. The van der Waals surface area contributed by atoms with Crippen molar-refractivity contribution in [3.63, 3.8) is 0 Å². The Morgan fingerprint density at radius 2 is 1.47 bits per heavy atom. The summed E-state index contributed by atoms with van der Waals surface area (Å²) in [6.45, 7) is -0.246. The molecule has 0 spiro atoms. The van der Waals surface area contributed by atoms with Crippen molar-refractivity contribution in [1.29, 1.82) is 0 Å². The minimum absolute atomic E-state index is 0.0205. The Morgan fingerprint density at radius 3 is 2.00 bits per heavy atom. The largest absolute Gasteiger partial charge is 0.480 e. The Kier molecular flexibility index (Phi) is 10.4. The predicted molar refractivity (Wildman–Crippen MR) is 105 cm³/mol. The van der Waals surface area contributed by atoms with Crippen LogP contribution in [0.2, 0.25) is 0 Å². The second kappa shape index (κ2) is 12.2. The Morgan fingerprint density at radius 1 is 0.900 bits per heavy atom. The van der Waals surface area contributed by atoms with Crippen molar-refractivity contribution in [1.82, 2.24) is 9.55 Å². The van der Waals surface area contributed by atoms with Crippen molar-refractivity contribution in [2.75, 3.05) is 6.61 Å². The van der Waals surface area contributed by atoms with Crippen LogP contribution >= 0.6 is 0 Å². The fourth-order valence-electron chi connectivity index (χ4n) is 3.20. The number of hydrogen-bond donors (Lipinski definition) is 7. The molecule has 1 aromatic heterocycles. The first kappa shape index (κ1) is 25.5. The van der Waals surface area contributed by atoms with E-state index >= 15 is 0 Å². The highest BCUT2D eigenvalue weighted by molar-refractivity contribution is 5.73. The molecule has 0 saturated heterocycles. The number of nitrogens with zero attached hydrogens (tertiary/aromatic N) is 2. The summed E-state index contributed by atoms with van der Waals surface area (Å²) in [6, 6.07) is -3.51. The number of aromatic nitrogens is 2. The second-order valence-corrected chi connectivity index (χ2v) is 7.37. The molecule has 0 aromatic carbocycles. The van der Waals surface area contributed by atoms with Gasteiger partial charge < -0.3 is 42.2 Å². The Balaban J connectivity index is 2.95. The molecule has 0 saturated carbocycles. The molecule has 1 aromatic rings. The zero-order valence-electron chi connectivity index (χ0n) is 16.6. The molecule has 0 fully saturated rings. The maximum atomic E-state index is 11.0. The van der Waals surface area contributed by atoms with Crippen molar-refractivity contribution in [2.45, 2.75) is 62.7 Å². The van der Waals surface area contributed by atoms with Crippen molar-refractivity contribution in [3.8, 4) is 0 Å². The minimum Gasteiger partial charge on any atom is -0.480 e. The Bertz CT molecular complexity index is 711. The number of carbonyl (C=O) groups is 3. The van der Waals surface area contributed by atoms with Crippen LogP contribution in [0.1, 0.15) is 43.8 Å². The number of rotatable bonds is 15. The van der Waals surface area contributed by atoms with E-state index in [0.717, 1.165) is 0 Å². The van der Waals surface area contributed by atoms with Gasteiger partial charge in [-0.2, -0.15) is 0 Å². The lowest BCUT2D eigenvalue weighted by Crippen LogP contribution is -2.33. The van der Waals surface area contributed by atoms with E-state index in [9.17, 15) is 19.5 Å². The molecule has 30 heavy (non-hydrogen) atoms. The first-order valence-corrected chi connectivity index (χ1v) is 9.65. The molecule has 0 bridgehead atoms. The summed E-state index contributed by atoms with van der Waals surface area (Å²) < 4.78 is 1.71. The summed E-state index contributed by atoms with van der Waals surface area (Å²) in [6.07, 6.45) is 4.74. The molecule has 10 N–H and O–H groups in total. The van der Waals surface area contributed by atoms with Crippen LogP contribution in [0.5, 0.6) is 0 Å². The molecule has 12 heteroatoms. The van der Waals surface area contributed by atoms with Crippen molar-refractivity contribution < 1.29 is 34.8 Å². The first-order chi connectivity index (χ1) is 14.1. The number of hydrogen-bond acceptors (Lipinski definition) is 8. The molecule has 1 rings (SSSR count). The summed E-state index contributed by atoms with van der Waals surface area (Å²) in [5.41, 5.74) is 17.1. The highest BCUT2D eigenvalue weighted by atomic mass is 16.4. The number of imidazole rings is 1. The number of aliphatic hydroxyl groups is 1. The lowest BCUT2D eigenvalue weighted by Gasteiger charge is -2.28. The van der Waals surface area contributed by atoms with Crippen molar-refractivity contribution in [3.05, 3.63) is 18.2 Å². The van der Waals surface area contributed by atoms with Gasteiger partial charge in [-0.05, 0) is 32.1 Å². The van der Waals surface area contributed by atoms with Crippen LogP contribution in [0.25, 0.3) is 0 Å². The SMILES string of the molecule is NC(CCCC(C(CO)CCC(N)C(=O)O)n1cnc(CC(N)C(=O)O)c1)C(=O)O. The maximum Gasteiger partial charge on any atom is 0.320 e. The summed E-state index contributed by atoms with van der Waals surface area (Å²) in [5, 5.41) is 36.8. The highest BCUT2D eigenvalue weighted by Gasteiger charge is 2.26. The highest BCUT2D eigenvalue weighted by Crippen LogP contribution is 2.29. The molecular formula is C18H31N5O7. The summed E-state index contributed by atoms with van der Waals surface area (Å²) >= 11 is 0. The third kappa shape index (κ3) is 8.06. The number of aliphatic hydroxyl groups excluding tert-OH is 1. The lowest BCUT2D eigenvalue weighted by atomic mass is 9.89. The molecule has 0 amide bonds. The van der Waals surface area contributed by atoms with Gasteiger partial charge in [-0.3, -0.25) is 14.4 Å². The predicted octanol–water partition coefficient (Wildman–Crippen LogP) is -1.24. The fourth-order valence-corrected chi connectivity index (χ4v) is 3.20. The van der Waals surface area contributed by atoms with E-state index in [-0.39, 0.29) is 37.8 Å². The number of carboxylic acid groups (broad SMARTS) is 3. The van der Waals surface area contributed by atoms with Gasteiger partial charge in [0, 0.05) is 31.2 Å². The molecule has 0 aliphatic heterocycles. The second-order valence-electron chi connectivity index (χ2n) is 7.37. The van der Waals surface area contributed by atoms with Crippen LogP contribution in [0.4, 0.5) is 0 Å². The fraction of sp³-hybridized carbons (Fsp3) is 0.667. The van der Waals surface area contributed by atoms with Crippen LogP contribution in [-0.4, -0.2) is 72.6 Å². The zero-order chi connectivity index (χ0) is 22.8. The Hall–Kier alpha value is -2.54. The lowest BCUT2D eigenvalue weighted by molar-refractivity contribution is -0.139. The van der Waals surface area contributed by atoms with Crippen LogP contribution in [-0.2, 0) is 20.8 Å². The van der Waals surface area contributed by atoms with Gasteiger partial charge in [-0.15, -0.1) is 0 Å². The van der Waals surface area contributed by atoms with Crippen LogP contribution < -0.4 is 17.2 Å². The van der Waals surface area contributed by atoms with Gasteiger partial charge in [-0.25, -0.2) is 4.98 Å². The first-order valence-electron chi connectivity index (χ1n) is 9.65. The number of carboxylic acids is 3. The smallest absolute Gasteiger partial charge is 0.320 e. The van der Waals surface area contributed by atoms with E-state index in [1.165, 1.54) is 6.33 Å². The zero-order valence-corrected chi connectivity index (χ0v) is 16.6. The minimum atomic E-state index is -1.15. The standard InChI is InChI=1S/C18H31N5O7/c19-12(16(25)26)2-1-3-15(10(8-24)4-5-13(20)17(27)28)23-7-11(22-9-23)6-14(21)18(29)30/h7,9-10,12-15,24H,1-6,8,19-21H2,(H,25,26)(H,27,28)(H,29,30). The number of aliphatic carboxylic acids is 3. The van der Waals surface area contributed by atoms with Crippen LogP contribution in [0.15, 0.2) is 12.5 Å². The van der Waals surface area contributed by atoms with E-state index in [1.807, 2.05) is 0 Å². The van der Waals surface area contributed by atoms with E-state index in [0.29, 0.717) is 25.0 Å². The van der Waals surface area contributed by atoms with E-state index < -0.39 is 36.0 Å². The van der Waals surface area contributed by atoms with Gasteiger partial charge in [-0.1, -0.05) is 0 Å². The van der Waals surface area contributed by atoms with Gasteiger partial charge in [0.25, 0.3) is 0 Å². The normalized spacial score (nSPS) is 16.4. The third-order valence-electron chi connectivity index (χ3n) is 5.06. The van der Waals surface area contributed by atoms with Crippen molar-refractivity contribution >= 4 is 17.9 Å². The topological polar surface area (TPSA) is 228 Å². The van der Waals surface area contributed by atoms with Gasteiger partial charge >= 0.3 is 17.9 Å². The van der Waals surface area contributed by atoms with E-state index in [1.54, 1.807) is 10.8 Å². The average molecular weight is 429 g/mol. The molecule has 0 aliphatic carbocycles. The maximum absolute atomic E-state index is 11.0. The summed E-state index contributed by atoms with van der Waals surface area (Å²) in [4.78, 5) is 37.0. The van der Waals surface area contributed by atoms with Gasteiger partial charge in [0.1, 0.15) is 18.1 Å². The molecule has 0 aliphatic rings. The van der Waals surface area contributed by atoms with E-state index in [4.69, 9.17) is 32.5 Å². The van der Waals surface area contributed by atoms with Gasteiger partial charge in [0.2, 0.25) is 0 Å².